The van der Waals surface area contributed by atoms with Crippen molar-refractivity contribution in [3.63, 3.8) is 0 Å². The average Bonchev–Trinajstić information content (AvgIpc) is 2.59. The fourth-order valence-electron chi connectivity index (χ4n) is 1.54. The molecule has 1 aliphatic rings. The van der Waals surface area contributed by atoms with Crippen molar-refractivity contribution in [2.45, 2.75) is 0 Å². The van der Waals surface area contributed by atoms with Crippen molar-refractivity contribution in [2.24, 2.45) is 0 Å². The Bertz CT molecular complexity index is 513. The zero-order chi connectivity index (χ0) is 12.6. The summed E-state index contributed by atoms with van der Waals surface area (Å²) in [5.41, 5.74) is -0.0366. The Morgan fingerprint density at radius 1 is 1.41 bits per heavy atom. The van der Waals surface area contributed by atoms with Gasteiger partial charge in [-0.3, -0.25) is 4.79 Å². The van der Waals surface area contributed by atoms with Gasteiger partial charge in [-0.1, -0.05) is 15.9 Å². The van der Waals surface area contributed by atoms with Crippen LogP contribution in [0.15, 0.2) is 22.7 Å². The predicted molar refractivity (Wildman–Crippen MR) is 62.0 cm³/mol. The maximum atomic E-state index is 11.5. The zero-order valence-corrected chi connectivity index (χ0v) is 10.0. The quantitative estimate of drug-likeness (QED) is 0.803. The smallest absolute Gasteiger partial charge is 0.337 e. The molecule has 0 aromatic heterocycles. The van der Waals surface area contributed by atoms with Crippen LogP contribution < -0.4 is 10.2 Å². The maximum absolute atomic E-state index is 11.5. The number of imide groups is 1. The maximum Gasteiger partial charge on any atom is 0.337 e. The van der Waals surface area contributed by atoms with Crippen molar-refractivity contribution in [3.05, 3.63) is 28.2 Å². The van der Waals surface area contributed by atoms with Crippen LogP contribution in [0, 0.1) is 0 Å². The fourth-order valence-corrected chi connectivity index (χ4v) is 1.90. The zero-order valence-electron chi connectivity index (χ0n) is 8.44. The Morgan fingerprint density at radius 3 is 2.65 bits per heavy atom. The van der Waals surface area contributed by atoms with Crippen LogP contribution in [0.3, 0.4) is 0 Å². The van der Waals surface area contributed by atoms with Crippen LogP contribution in [-0.4, -0.2) is 29.6 Å². The largest absolute Gasteiger partial charge is 0.478 e. The molecule has 1 saturated heterocycles. The van der Waals surface area contributed by atoms with E-state index in [0.717, 1.165) is 4.90 Å². The second-order valence-corrected chi connectivity index (χ2v) is 4.27. The van der Waals surface area contributed by atoms with E-state index in [9.17, 15) is 14.4 Å². The molecule has 0 radical (unpaired) electrons. The van der Waals surface area contributed by atoms with E-state index in [1.807, 2.05) is 0 Å². The number of benzene rings is 1. The lowest BCUT2D eigenvalue weighted by Gasteiger charge is -2.15. The molecule has 7 heteroatoms. The molecule has 88 valence electrons. The van der Waals surface area contributed by atoms with E-state index in [2.05, 4.69) is 21.2 Å². The van der Waals surface area contributed by atoms with Crippen LogP contribution >= 0.6 is 15.9 Å². The third-order valence-corrected chi connectivity index (χ3v) is 2.77. The fraction of sp³-hybridized carbons (Fsp3) is 0.100. The summed E-state index contributed by atoms with van der Waals surface area (Å²) in [5.74, 6) is -1.67. The van der Waals surface area contributed by atoms with E-state index in [1.54, 1.807) is 6.07 Å². The standard InChI is InChI=1S/C10H7BrN2O4/c11-5-1-2-7(6(3-5)9(15)16)13-8(14)4-12-10(13)17/h1-3H,4H2,(H,12,17)(H,15,16). The summed E-state index contributed by atoms with van der Waals surface area (Å²) < 4.78 is 0.561. The number of hydrogen-bond acceptors (Lipinski definition) is 3. The number of carboxylic acids is 1. The van der Waals surface area contributed by atoms with Crippen molar-refractivity contribution >= 4 is 39.5 Å². The van der Waals surface area contributed by atoms with Crippen LogP contribution in [0.5, 0.6) is 0 Å². The van der Waals surface area contributed by atoms with E-state index in [1.165, 1.54) is 12.1 Å². The lowest BCUT2D eigenvalue weighted by atomic mass is 10.1. The number of carbonyl (C=O) groups is 3. The van der Waals surface area contributed by atoms with Gasteiger partial charge in [0.05, 0.1) is 17.8 Å². The van der Waals surface area contributed by atoms with Gasteiger partial charge in [0.1, 0.15) is 0 Å². The van der Waals surface area contributed by atoms with Gasteiger partial charge in [0, 0.05) is 4.47 Å². The van der Waals surface area contributed by atoms with Crippen LogP contribution in [0.4, 0.5) is 10.5 Å². The minimum absolute atomic E-state index is 0.0701. The highest BCUT2D eigenvalue weighted by molar-refractivity contribution is 9.10. The molecule has 2 rings (SSSR count). The molecule has 17 heavy (non-hydrogen) atoms. The predicted octanol–water partition coefficient (Wildman–Crippen LogP) is 1.20. The Labute approximate surface area is 104 Å². The molecular weight excluding hydrogens is 292 g/mol. The Kier molecular flexibility index (Phi) is 2.84. The lowest BCUT2D eigenvalue weighted by Crippen LogP contribution is -2.32. The molecule has 0 bridgehead atoms. The van der Waals surface area contributed by atoms with E-state index in [4.69, 9.17) is 5.11 Å². The van der Waals surface area contributed by atoms with Crippen molar-refractivity contribution in [3.8, 4) is 0 Å². The highest BCUT2D eigenvalue weighted by Gasteiger charge is 2.32. The molecule has 0 unspecified atom stereocenters. The van der Waals surface area contributed by atoms with Gasteiger partial charge >= 0.3 is 12.0 Å². The molecule has 2 N–H and O–H groups in total. The summed E-state index contributed by atoms with van der Waals surface area (Å²) in [6.45, 7) is -0.117. The third kappa shape index (κ3) is 2.01. The number of aromatic carboxylic acids is 1. The van der Waals surface area contributed by atoms with Crippen molar-refractivity contribution in [1.29, 1.82) is 0 Å². The van der Waals surface area contributed by atoms with Crippen LogP contribution in [-0.2, 0) is 4.79 Å². The molecular formula is C10H7BrN2O4. The van der Waals surface area contributed by atoms with Crippen molar-refractivity contribution in [1.82, 2.24) is 5.32 Å². The van der Waals surface area contributed by atoms with Crippen molar-refractivity contribution < 1.29 is 19.5 Å². The van der Waals surface area contributed by atoms with E-state index >= 15 is 0 Å². The SMILES string of the molecule is O=C(O)c1cc(Br)ccc1N1C(=O)CNC1=O. The van der Waals surface area contributed by atoms with Crippen LogP contribution in [0.1, 0.15) is 10.4 Å². The van der Waals surface area contributed by atoms with Gasteiger partial charge in [0.2, 0.25) is 0 Å². The monoisotopic (exact) mass is 298 g/mol. The number of urea groups is 1. The highest BCUT2D eigenvalue weighted by atomic mass is 79.9. The number of carboxylic acid groups (broad SMARTS) is 1. The molecule has 1 aromatic rings. The topological polar surface area (TPSA) is 86.7 Å². The molecule has 0 spiro atoms. The van der Waals surface area contributed by atoms with Crippen molar-refractivity contribution in [2.75, 3.05) is 11.4 Å². The third-order valence-electron chi connectivity index (χ3n) is 2.27. The number of hydrogen-bond donors (Lipinski definition) is 2. The number of anilines is 1. The average molecular weight is 299 g/mol. The van der Waals surface area contributed by atoms with E-state index in [0.29, 0.717) is 4.47 Å². The Morgan fingerprint density at radius 2 is 2.12 bits per heavy atom. The van der Waals surface area contributed by atoms with Crippen LogP contribution in [0.2, 0.25) is 0 Å². The van der Waals surface area contributed by atoms with Gasteiger partial charge in [-0.05, 0) is 18.2 Å². The number of carbonyl (C=O) groups excluding carboxylic acids is 2. The Balaban J connectivity index is 2.55. The van der Waals surface area contributed by atoms with Gasteiger partial charge in [0.25, 0.3) is 5.91 Å². The molecule has 1 fully saturated rings. The first-order valence-electron chi connectivity index (χ1n) is 4.64. The molecule has 0 atom stereocenters. The molecule has 6 nitrogen and oxygen atoms in total. The summed E-state index contributed by atoms with van der Waals surface area (Å²) >= 11 is 3.14. The summed E-state index contributed by atoms with van der Waals surface area (Å²) in [6.07, 6.45) is 0. The van der Waals surface area contributed by atoms with Crippen LogP contribution in [0.25, 0.3) is 0 Å². The number of halogens is 1. The van der Waals surface area contributed by atoms with E-state index in [-0.39, 0.29) is 17.8 Å². The molecule has 1 heterocycles. The Hall–Kier alpha value is -1.89. The second-order valence-electron chi connectivity index (χ2n) is 3.35. The summed E-state index contributed by atoms with van der Waals surface area (Å²) in [4.78, 5) is 34.8. The summed E-state index contributed by atoms with van der Waals surface area (Å²) in [5, 5.41) is 11.4. The minimum Gasteiger partial charge on any atom is -0.478 e. The molecule has 0 aliphatic carbocycles. The summed E-state index contributed by atoms with van der Waals surface area (Å²) in [6, 6.07) is 3.72. The molecule has 3 amide bonds. The van der Waals surface area contributed by atoms with Gasteiger partial charge in [-0.2, -0.15) is 0 Å². The van der Waals surface area contributed by atoms with Gasteiger partial charge in [0.15, 0.2) is 0 Å². The first-order chi connectivity index (χ1) is 8.00. The number of rotatable bonds is 2. The first-order valence-corrected chi connectivity index (χ1v) is 5.43. The molecule has 0 saturated carbocycles. The second kappa shape index (κ2) is 4.17. The molecule has 1 aromatic carbocycles. The van der Waals surface area contributed by atoms with Gasteiger partial charge < -0.3 is 10.4 Å². The number of nitrogens with one attached hydrogen (secondary N) is 1. The van der Waals surface area contributed by atoms with E-state index < -0.39 is 17.9 Å². The molecule has 1 aliphatic heterocycles. The normalized spacial score (nSPS) is 15.0. The minimum atomic E-state index is -1.20. The lowest BCUT2D eigenvalue weighted by molar-refractivity contribution is -0.115. The first kappa shape index (κ1) is 11.6. The van der Waals surface area contributed by atoms with Gasteiger partial charge in [-0.15, -0.1) is 0 Å². The highest BCUT2D eigenvalue weighted by Crippen LogP contribution is 2.26. The van der Waals surface area contributed by atoms with Gasteiger partial charge in [-0.25, -0.2) is 14.5 Å². The number of amides is 3. The summed E-state index contributed by atoms with van der Waals surface area (Å²) in [7, 11) is 0. The number of nitrogens with zero attached hydrogens (tertiary/aromatic N) is 1.